The minimum Gasteiger partial charge on any atom is -0.481 e. The Balaban J connectivity index is 1.70. The maximum absolute atomic E-state index is 12.3. The van der Waals surface area contributed by atoms with Gasteiger partial charge in [0.05, 0.1) is 5.41 Å². The first-order chi connectivity index (χ1) is 8.41. The van der Waals surface area contributed by atoms with Gasteiger partial charge >= 0.3 is 5.97 Å². The number of nitrogens with zero attached hydrogens (tertiary/aromatic N) is 1. The summed E-state index contributed by atoms with van der Waals surface area (Å²) in [5.41, 5.74) is -0.356. The molecule has 100 valence electrons. The van der Waals surface area contributed by atoms with Crippen molar-refractivity contribution in [2.45, 2.75) is 39.5 Å². The molecule has 18 heavy (non-hydrogen) atoms. The third-order valence-electron chi connectivity index (χ3n) is 5.52. The summed E-state index contributed by atoms with van der Waals surface area (Å²) in [6.07, 6.45) is 4.05. The summed E-state index contributed by atoms with van der Waals surface area (Å²) in [5.74, 6) is -0.239. The van der Waals surface area contributed by atoms with Crippen LogP contribution in [0, 0.1) is 22.7 Å². The molecule has 0 radical (unpaired) electrons. The fourth-order valence-corrected chi connectivity index (χ4v) is 3.54. The summed E-state index contributed by atoms with van der Waals surface area (Å²) >= 11 is 0. The lowest BCUT2D eigenvalue weighted by Gasteiger charge is -2.28. The molecule has 0 aromatic carbocycles. The molecule has 1 heterocycles. The quantitative estimate of drug-likeness (QED) is 0.831. The van der Waals surface area contributed by atoms with Crippen molar-refractivity contribution in [3.8, 4) is 0 Å². The van der Waals surface area contributed by atoms with Gasteiger partial charge in [0.2, 0.25) is 5.91 Å². The van der Waals surface area contributed by atoms with Gasteiger partial charge in [-0.3, -0.25) is 9.59 Å². The van der Waals surface area contributed by atoms with Crippen LogP contribution in [0.4, 0.5) is 0 Å². The van der Waals surface area contributed by atoms with Crippen molar-refractivity contribution in [1.29, 1.82) is 0 Å². The molecular formula is C14H21NO3. The molecule has 3 aliphatic rings. The number of carbonyl (C=O) groups excluding carboxylic acids is 1. The van der Waals surface area contributed by atoms with Crippen LogP contribution in [0.5, 0.6) is 0 Å². The molecule has 3 fully saturated rings. The molecule has 4 heteroatoms. The van der Waals surface area contributed by atoms with Crippen molar-refractivity contribution < 1.29 is 14.7 Å². The van der Waals surface area contributed by atoms with Gasteiger partial charge < -0.3 is 10.0 Å². The van der Waals surface area contributed by atoms with Crippen molar-refractivity contribution in [1.82, 2.24) is 4.90 Å². The number of amides is 1. The fraction of sp³-hybridized carbons (Fsp3) is 0.857. The molecule has 3 rings (SSSR count). The monoisotopic (exact) mass is 251 g/mol. The Bertz CT molecular complexity index is 413. The van der Waals surface area contributed by atoms with Gasteiger partial charge in [0, 0.05) is 19.0 Å². The third-order valence-corrected chi connectivity index (χ3v) is 5.52. The van der Waals surface area contributed by atoms with E-state index in [0.717, 1.165) is 6.42 Å². The number of hydrogen-bond acceptors (Lipinski definition) is 2. The molecule has 1 N–H and O–H groups in total. The maximum atomic E-state index is 12.3. The molecule has 2 saturated carbocycles. The molecule has 2 unspecified atom stereocenters. The van der Waals surface area contributed by atoms with E-state index in [9.17, 15) is 14.7 Å². The van der Waals surface area contributed by atoms with E-state index < -0.39 is 11.4 Å². The van der Waals surface area contributed by atoms with Gasteiger partial charge in [-0.2, -0.15) is 0 Å². The lowest BCUT2D eigenvalue weighted by molar-refractivity contribution is -0.151. The zero-order chi connectivity index (χ0) is 13.1. The molecule has 1 saturated heterocycles. The van der Waals surface area contributed by atoms with Crippen molar-refractivity contribution in [2.24, 2.45) is 22.7 Å². The third kappa shape index (κ3) is 1.50. The van der Waals surface area contributed by atoms with Gasteiger partial charge in [0.25, 0.3) is 0 Å². The number of carboxylic acids is 1. The van der Waals surface area contributed by atoms with E-state index in [1.54, 1.807) is 0 Å². The SMILES string of the molecule is CC(C)C1(C(=O)O)CCN(C(=O)C2CC23CC3)C1. The standard InChI is InChI=1S/C14H21NO3/c1-9(2)14(12(17)18)5-6-15(8-14)11(16)10-7-13(10)3-4-13/h9-10H,3-8H2,1-2H3,(H,17,18). The Morgan fingerprint density at radius 2 is 1.94 bits per heavy atom. The van der Waals surface area contributed by atoms with Crippen molar-refractivity contribution in [3.05, 3.63) is 0 Å². The van der Waals surface area contributed by atoms with Crippen LogP contribution in [-0.2, 0) is 9.59 Å². The van der Waals surface area contributed by atoms with E-state index in [1.165, 1.54) is 12.8 Å². The zero-order valence-corrected chi connectivity index (χ0v) is 11.1. The summed E-state index contributed by atoms with van der Waals surface area (Å²) in [5, 5.41) is 9.47. The van der Waals surface area contributed by atoms with Gasteiger partial charge in [-0.1, -0.05) is 13.8 Å². The van der Waals surface area contributed by atoms with Crippen molar-refractivity contribution in [3.63, 3.8) is 0 Å². The highest BCUT2D eigenvalue weighted by atomic mass is 16.4. The lowest BCUT2D eigenvalue weighted by Crippen LogP contribution is -2.41. The van der Waals surface area contributed by atoms with Crippen LogP contribution in [0.2, 0.25) is 0 Å². The molecular weight excluding hydrogens is 230 g/mol. The summed E-state index contributed by atoms with van der Waals surface area (Å²) in [6, 6.07) is 0. The van der Waals surface area contributed by atoms with E-state index in [1.807, 2.05) is 18.7 Å². The topological polar surface area (TPSA) is 57.6 Å². The predicted molar refractivity (Wildman–Crippen MR) is 65.9 cm³/mol. The Morgan fingerprint density at radius 1 is 1.28 bits per heavy atom. The van der Waals surface area contributed by atoms with Crippen LogP contribution in [0.1, 0.15) is 39.5 Å². The second-order valence-electron chi connectivity index (χ2n) is 6.74. The largest absolute Gasteiger partial charge is 0.481 e. The second-order valence-corrected chi connectivity index (χ2v) is 6.74. The van der Waals surface area contributed by atoms with Gasteiger partial charge in [-0.25, -0.2) is 0 Å². The lowest BCUT2D eigenvalue weighted by atomic mass is 9.76. The highest BCUT2D eigenvalue weighted by Gasteiger charge is 2.67. The van der Waals surface area contributed by atoms with Crippen LogP contribution in [0.25, 0.3) is 0 Å². The molecule has 0 aromatic heterocycles. The van der Waals surface area contributed by atoms with Gasteiger partial charge in [-0.05, 0) is 37.0 Å². The Labute approximate surface area is 107 Å². The highest BCUT2D eigenvalue weighted by Crippen LogP contribution is 2.71. The van der Waals surface area contributed by atoms with Crippen molar-refractivity contribution in [2.75, 3.05) is 13.1 Å². The minimum atomic E-state index is -0.746. The fourth-order valence-electron chi connectivity index (χ4n) is 3.54. The first-order valence-electron chi connectivity index (χ1n) is 6.93. The Kier molecular flexibility index (Phi) is 2.32. The smallest absolute Gasteiger partial charge is 0.311 e. The second kappa shape index (κ2) is 3.49. The minimum absolute atomic E-state index is 0.0712. The average molecular weight is 251 g/mol. The number of likely N-dealkylation sites (tertiary alicyclic amines) is 1. The molecule has 2 aliphatic carbocycles. The van der Waals surface area contributed by atoms with Crippen LogP contribution in [0.3, 0.4) is 0 Å². The van der Waals surface area contributed by atoms with Gasteiger partial charge in [0.15, 0.2) is 0 Å². The summed E-state index contributed by atoms with van der Waals surface area (Å²) in [6.45, 7) is 4.92. The molecule has 1 spiro atoms. The molecule has 1 aliphatic heterocycles. The molecule has 0 bridgehead atoms. The van der Waals surface area contributed by atoms with E-state index in [0.29, 0.717) is 24.9 Å². The molecule has 0 aromatic rings. The number of carbonyl (C=O) groups is 2. The number of hydrogen-bond donors (Lipinski definition) is 1. The summed E-state index contributed by atoms with van der Waals surface area (Å²) < 4.78 is 0. The highest BCUT2D eigenvalue weighted by molar-refractivity contribution is 5.85. The normalized spacial score (nSPS) is 36.2. The van der Waals surface area contributed by atoms with E-state index in [2.05, 4.69) is 0 Å². The average Bonchev–Trinajstić information content (AvgIpc) is 3.19. The first-order valence-corrected chi connectivity index (χ1v) is 6.93. The van der Waals surface area contributed by atoms with E-state index in [4.69, 9.17) is 0 Å². The Morgan fingerprint density at radius 3 is 2.33 bits per heavy atom. The van der Waals surface area contributed by atoms with Crippen LogP contribution in [0.15, 0.2) is 0 Å². The number of aliphatic carboxylic acids is 1. The molecule has 1 amide bonds. The van der Waals surface area contributed by atoms with Gasteiger partial charge in [-0.15, -0.1) is 0 Å². The molecule has 4 nitrogen and oxygen atoms in total. The molecule has 2 atom stereocenters. The van der Waals surface area contributed by atoms with Crippen LogP contribution >= 0.6 is 0 Å². The van der Waals surface area contributed by atoms with Gasteiger partial charge in [0.1, 0.15) is 0 Å². The number of rotatable bonds is 3. The zero-order valence-electron chi connectivity index (χ0n) is 11.1. The summed E-state index contributed by atoms with van der Waals surface area (Å²) in [7, 11) is 0. The first kappa shape index (κ1) is 12.0. The van der Waals surface area contributed by atoms with Crippen LogP contribution in [-0.4, -0.2) is 35.0 Å². The maximum Gasteiger partial charge on any atom is 0.311 e. The van der Waals surface area contributed by atoms with Crippen molar-refractivity contribution >= 4 is 11.9 Å². The predicted octanol–water partition coefficient (Wildman–Crippen LogP) is 1.75. The van der Waals surface area contributed by atoms with E-state index in [-0.39, 0.29) is 17.7 Å². The van der Waals surface area contributed by atoms with E-state index >= 15 is 0 Å². The van der Waals surface area contributed by atoms with Crippen LogP contribution < -0.4 is 0 Å². The summed E-state index contributed by atoms with van der Waals surface area (Å²) in [4.78, 5) is 25.7. The Hall–Kier alpha value is -1.06. The number of carboxylic acid groups (broad SMARTS) is 1.